The summed E-state index contributed by atoms with van der Waals surface area (Å²) in [5.41, 5.74) is 1.12. The lowest BCUT2D eigenvalue weighted by atomic mass is 9.85. The van der Waals surface area contributed by atoms with Gasteiger partial charge in [0, 0.05) is 22.8 Å². The third-order valence-corrected chi connectivity index (χ3v) is 4.28. The molecule has 1 aromatic heterocycles. The van der Waals surface area contributed by atoms with Crippen LogP contribution in [0.5, 0.6) is 5.88 Å². The molecule has 0 spiro atoms. The van der Waals surface area contributed by atoms with E-state index in [-0.39, 0.29) is 0 Å². The molecule has 4 heteroatoms. The zero-order chi connectivity index (χ0) is 13.7. The molecule has 1 aliphatic carbocycles. The maximum atomic E-state index is 6.15. The summed E-state index contributed by atoms with van der Waals surface area (Å²) in [6, 6.07) is 2.08. The van der Waals surface area contributed by atoms with Gasteiger partial charge in [0.25, 0.3) is 0 Å². The molecular weight excluding hydrogens is 304 g/mol. The molecule has 0 saturated heterocycles. The fourth-order valence-corrected chi connectivity index (χ4v) is 3.15. The van der Waals surface area contributed by atoms with Gasteiger partial charge < -0.3 is 10.1 Å². The van der Waals surface area contributed by atoms with E-state index in [2.05, 4.69) is 39.2 Å². The lowest BCUT2D eigenvalue weighted by molar-refractivity contribution is 0.116. The van der Waals surface area contributed by atoms with Gasteiger partial charge in [0.2, 0.25) is 5.88 Å². The average Bonchev–Trinajstić information content (AvgIpc) is 2.42. The number of nitrogens with zero attached hydrogens (tertiary/aromatic N) is 1. The van der Waals surface area contributed by atoms with Gasteiger partial charge in [0.15, 0.2) is 0 Å². The standard InChI is InChI=1S/C15H23BrN2O/c1-3-11-5-4-6-14(7-11)19-15-12(9-17-2)8-13(16)10-18-15/h8,10-11,14,17H,3-7,9H2,1-2H3. The lowest BCUT2D eigenvalue weighted by Gasteiger charge is -2.29. The second-order valence-electron chi connectivity index (χ2n) is 5.33. The highest BCUT2D eigenvalue weighted by Crippen LogP contribution is 2.30. The van der Waals surface area contributed by atoms with Gasteiger partial charge in [0.05, 0.1) is 0 Å². The van der Waals surface area contributed by atoms with Crippen LogP contribution in [0.2, 0.25) is 0 Å². The van der Waals surface area contributed by atoms with Crippen molar-refractivity contribution in [1.82, 2.24) is 10.3 Å². The van der Waals surface area contributed by atoms with E-state index in [1.165, 1.54) is 25.7 Å². The second-order valence-corrected chi connectivity index (χ2v) is 6.24. The maximum absolute atomic E-state index is 6.15. The molecular formula is C15H23BrN2O. The van der Waals surface area contributed by atoms with Gasteiger partial charge in [-0.05, 0) is 54.2 Å². The summed E-state index contributed by atoms with van der Waals surface area (Å²) < 4.78 is 7.15. The number of rotatable bonds is 5. The Morgan fingerprint density at radius 2 is 2.32 bits per heavy atom. The Balaban J connectivity index is 2.05. The normalized spacial score (nSPS) is 23.3. The van der Waals surface area contributed by atoms with E-state index in [0.717, 1.165) is 34.8 Å². The Morgan fingerprint density at radius 3 is 3.05 bits per heavy atom. The Kier molecular flexibility index (Phi) is 5.64. The third-order valence-electron chi connectivity index (χ3n) is 3.85. The zero-order valence-corrected chi connectivity index (χ0v) is 13.4. The molecule has 0 radical (unpaired) electrons. The van der Waals surface area contributed by atoms with Crippen molar-refractivity contribution in [2.75, 3.05) is 7.05 Å². The minimum absolute atomic E-state index is 0.336. The molecule has 0 aliphatic heterocycles. The van der Waals surface area contributed by atoms with Gasteiger partial charge >= 0.3 is 0 Å². The van der Waals surface area contributed by atoms with Crippen LogP contribution in [0.4, 0.5) is 0 Å². The van der Waals surface area contributed by atoms with E-state index >= 15 is 0 Å². The van der Waals surface area contributed by atoms with E-state index in [1.54, 1.807) is 0 Å². The summed E-state index contributed by atoms with van der Waals surface area (Å²) in [7, 11) is 1.94. The molecule has 2 rings (SSSR count). The largest absolute Gasteiger partial charge is 0.474 e. The zero-order valence-electron chi connectivity index (χ0n) is 11.8. The molecule has 1 N–H and O–H groups in total. The predicted octanol–water partition coefficient (Wildman–Crippen LogP) is 3.91. The minimum atomic E-state index is 0.336. The van der Waals surface area contributed by atoms with Crippen LogP contribution in [-0.4, -0.2) is 18.1 Å². The van der Waals surface area contributed by atoms with Gasteiger partial charge in [0.1, 0.15) is 6.10 Å². The van der Waals surface area contributed by atoms with Crippen LogP contribution in [0.15, 0.2) is 16.7 Å². The summed E-state index contributed by atoms with van der Waals surface area (Å²) in [4.78, 5) is 4.43. The van der Waals surface area contributed by atoms with Crippen molar-refractivity contribution >= 4 is 15.9 Å². The summed E-state index contributed by atoms with van der Waals surface area (Å²) >= 11 is 3.47. The number of pyridine rings is 1. The molecule has 0 aromatic carbocycles. The molecule has 1 aliphatic rings. The first kappa shape index (κ1) is 14.8. The fourth-order valence-electron chi connectivity index (χ4n) is 2.77. The van der Waals surface area contributed by atoms with Crippen LogP contribution >= 0.6 is 15.9 Å². The van der Waals surface area contributed by atoms with Crippen LogP contribution in [0.3, 0.4) is 0 Å². The topological polar surface area (TPSA) is 34.1 Å². The molecule has 3 nitrogen and oxygen atoms in total. The highest BCUT2D eigenvalue weighted by molar-refractivity contribution is 9.10. The Labute approximate surface area is 124 Å². The predicted molar refractivity (Wildman–Crippen MR) is 81.4 cm³/mol. The number of aromatic nitrogens is 1. The second kappa shape index (κ2) is 7.25. The SMILES string of the molecule is CCC1CCCC(Oc2ncc(Br)cc2CNC)C1. The molecule has 1 heterocycles. The van der Waals surface area contributed by atoms with Gasteiger partial charge in [-0.1, -0.05) is 19.8 Å². The number of hydrogen-bond donors (Lipinski definition) is 1. The number of ether oxygens (including phenoxy) is 1. The maximum Gasteiger partial charge on any atom is 0.218 e. The van der Waals surface area contributed by atoms with Crippen molar-refractivity contribution < 1.29 is 4.74 Å². The molecule has 0 bridgehead atoms. The van der Waals surface area contributed by atoms with E-state index < -0.39 is 0 Å². The van der Waals surface area contributed by atoms with Crippen LogP contribution in [0, 0.1) is 5.92 Å². The van der Waals surface area contributed by atoms with E-state index in [0.29, 0.717) is 6.10 Å². The molecule has 1 fully saturated rings. The van der Waals surface area contributed by atoms with E-state index in [1.807, 2.05) is 13.2 Å². The number of halogens is 1. The molecule has 19 heavy (non-hydrogen) atoms. The monoisotopic (exact) mass is 326 g/mol. The number of hydrogen-bond acceptors (Lipinski definition) is 3. The molecule has 106 valence electrons. The first-order chi connectivity index (χ1) is 9.22. The highest BCUT2D eigenvalue weighted by Gasteiger charge is 2.23. The first-order valence-electron chi connectivity index (χ1n) is 7.18. The fraction of sp³-hybridized carbons (Fsp3) is 0.667. The van der Waals surface area contributed by atoms with Crippen molar-refractivity contribution in [2.45, 2.75) is 51.7 Å². The van der Waals surface area contributed by atoms with Gasteiger partial charge in [-0.15, -0.1) is 0 Å². The van der Waals surface area contributed by atoms with E-state index in [4.69, 9.17) is 4.74 Å². The molecule has 1 aromatic rings. The Morgan fingerprint density at radius 1 is 1.47 bits per heavy atom. The summed E-state index contributed by atoms with van der Waals surface area (Å²) in [6.45, 7) is 3.06. The van der Waals surface area contributed by atoms with Crippen LogP contribution in [0.1, 0.15) is 44.6 Å². The average molecular weight is 327 g/mol. The van der Waals surface area contributed by atoms with Crippen molar-refractivity contribution in [3.05, 3.63) is 22.3 Å². The minimum Gasteiger partial charge on any atom is -0.474 e. The highest BCUT2D eigenvalue weighted by atomic mass is 79.9. The van der Waals surface area contributed by atoms with Crippen molar-refractivity contribution in [2.24, 2.45) is 5.92 Å². The lowest BCUT2D eigenvalue weighted by Crippen LogP contribution is -2.26. The first-order valence-corrected chi connectivity index (χ1v) is 7.98. The molecule has 1 saturated carbocycles. The summed E-state index contributed by atoms with van der Waals surface area (Å²) in [5, 5.41) is 3.17. The third kappa shape index (κ3) is 4.18. The molecule has 2 atom stereocenters. The Bertz CT molecular complexity index is 411. The van der Waals surface area contributed by atoms with Gasteiger partial charge in [-0.25, -0.2) is 4.98 Å². The Hall–Kier alpha value is -0.610. The van der Waals surface area contributed by atoms with E-state index in [9.17, 15) is 0 Å². The van der Waals surface area contributed by atoms with Crippen molar-refractivity contribution in [3.8, 4) is 5.88 Å². The van der Waals surface area contributed by atoms with Gasteiger partial charge in [-0.2, -0.15) is 0 Å². The summed E-state index contributed by atoms with van der Waals surface area (Å²) in [5.74, 6) is 1.61. The van der Waals surface area contributed by atoms with Crippen LogP contribution in [-0.2, 0) is 6.54 Å². The van der Waals surface area contributed by atoms with Crippen molar-refractivity contribution in [3.63, 3.8) is 0 Å². The van der Waals surface area contributed by atoms with Gasteiger partial charge in [-0.3, -0.25) is 0 Å². The van der Waals surface area contributed by atoms with Crippen molar-refractivity contribution in [1.29, 1.82) is 0 Å². The summed E-state index contributed by atoms with van der Waals surface area (Å²) in [6.07, 6.45) is 8.38. The van der Waals surface area contributed by atoms with Crippen LogP contribution < -0.4 is 10.1 Å². The molecule has 0 amide bonds. The quantitative estimate of drug-likeness (QED) is 0.890. The molecule has 2 unspecified atom stereocenters. The smallest absolute Gasteiger partial charge is 0.218 e. The van der Waals surface area contributed by atoms with Crippen LogP contribution in [0.25, 0.3) is 0 Å². The number of nitrogens with one attached hydrogen (secondary N) is 1.